The van der Waals surface area contributed by atoms with E-state index in [9.17, 15) is 9.59 Å². The van der Waals surface area contributed by atoms with Crippen molar-refractivity contribution in [2.75, 3.05) is 18.1 Å². The van der Waals surface area contributed by atoms with Gasteiger partial charge in [0, 0.05) is 12.2 Å². The molecule has 3 rings (SSSR count). The molecule has 2 aromatic rings. The molecule has 6 heteroatoms. The van der Waals surface area contributed by atoms with Gasteiger partial charge in [-0.05, 0) is 38.3 Å². The highest BCUT2D eigenvalue weighted by atomic mass is 32.1. The molecule has 0 radical (unpaired) electrons. The summed E-state index contributed by atoms with van der Waals surface area (Å²) < 4.78 is 5.19. The number of hydrogen-bond acceptors (Lipinski definition) is 5. The van der Waals surface area contributed by atoms with Crippen LogP contribution in [0.1, 0.15) is 32.4 Å². The quantitative estimate of drug-likeness (QED) is 0.812. The largest absolute Gasteiger partial charge is 0.451 e. The maximum Gasteiger partial charge on any atom is 0.350 e. The first-order valence-electron chi connectivity index (χ1n) is 7.55. The zero-order valence-electron chi connectivity index (χ0n) is 13.2. The van der Waals surface area contributed by atoms with Gasteiger partial charge in [-0.25, -0.2) is 9.78 Å². The highest BCUT2D eigenvalue weighted by molar-refractivity contribution is 7.13. The van der Waals surface area contributed by atoms with E-state index in [-0.39, 0.29) is 12.5 Å². The van der Waals surface area contributed by atoms with E-state index in [0.717, 1.165) is 29.1 Å². The van der Waals surface area contributed by atoms with Crippen LogP contribution in [0.3, 0.4) is 0 Å². The SMILES string of the molecule is Cc1nc(C)c(C(=O)OCC(=O)N2CCCc3ccccc32)s1. The average Bonchev–Trinajstić information content (AvgIpc) is 2.90. The second kappa shape index (κ2) is 6.50. The van der Waals surface area contributed by atoms with Gasteiger partial charge in [0.2, 0.25) is 0 Å². The lowest BCUT2D eigenvalue weighted by Crippen LogP contribution is -2.38. The second-order valence-electron chi connectivity index (χ2n) is 5.50. The molecule has 5 nitrogen and oxygen atoms in total. The first-order chi connectivity index (χ1) is 11.1. The van der Waals surface area contributed by atoms with Crippen molar-refractivity contribution in [2.24, 2.45) is 0 Å². The van der Waals surface area contributed by atoms with Crippen molar-refractivity contribution in [1.82, 2.24) is 4.98 Å². The van der Waals surface area contributed by atoms with Gasteiger partial charge >= 0.3 is 5.97 Å². The number of carbonyl (C=O) groups is 2. The third kappa shape index (κ3) is 3.27. The molecule has 0 aliphatic carbocycles. The summed E-state index contributed by atoms with van der Waals surface area (Å²) >= 11 is 1.29. The van der Waals surface area contributed by atoms with Crippen LogP contribution in [0.4, 0.5) is 5.69 Å². The Bertz CT molecular complexity index is 754. The summed E-state index contributed by atoms with van der Waals surface area (Å²) in [6.45, 7) is 4.02. The zero-order chi connectivity index (χ0) is 16.4. The van der Waals surface area contributed by atoms with E-state index in [2.05, 4.69) is 4.98 Å². The monoisotopic (exact) mass is 330 g/mol. The summed E-state index contributed by atoms with van der Waals surface area (Å²) in [6.07, 6.45) is 1.89. The summed E-state index contributed by atoms with van der Waals surface area (Å²) in [4.78, 5) is 30.9. The van der Waals surface area contributed by atoms with Gasteiger partial charge in [0.05, 0.1) is 10.7 Å². The number of carbonyl (C=O) groups excluding carboxylic acids is 2. The maximum absolute atomic E-state index is 12.4. The molecule has 0 bridgehead atoms. The van der Waals surface area contributed by atoms with Crippen LogP contribution in [0.5, 0.6) is 0 Å². The van der Waals surface area contributed by atoms with Gasteiger partial charge in [-0.1, -0.05) is 18.2 Å². The van der Waals surface area contributed by atoms with Gasteiger partial charge in [-0.2, -0.15) is 0 Å². The molecule has 0 N–H and O–H groups in total. The van der Waals surface area contributed by atoms with Crippen LogP contribution in [-0.4, -0.2) is 30.0 Å². The lowest BCUT2D eigenvalue weighted by molar-refractivity contribution is -0.121. The molecule has 1 aromatic heterocycles. The van der Waals surface area contributed by atoms with Crippen molar-refractivity contribution in [2.45, 2.75) is 26.7 Å². The first kappa shape index (κ1) is 15.7. The Morgan fingerprint density at radius 1 is 1.30 bits per heavy atom. The predicted molar refractivity (Wildman–Crippen MR) is 89.0 cm³/mol. The van der Waals surface area contributed by atoms with E-state index < -0.39 is 5.97 Å². The first-order valence-corrected chi connectivity index (χ1v) is 8.37. The number of fused-ring (bicyclic) bond motifs is 1. The Hall–Kier alpha value is -2.21. The number of hydrogen-bond donors (Lipinski definition) is 0. The fraction of sp³-hybridized carbons (Fsp3) is 0.353. The molecule has 1 aliphatic rings. The number of thiazole rings is 1. The number of nitrogens with zero attached hydrogens (tertiary/aromatic N) is 2. The molecule has 0 spiro atoms. The van der Waals surface area contributed by atoms with E-state index in [0.29, 0.717) is 17.1 Å². The molecule has 0 fully saturated rings. The summed E-state index contributed by atoms with van der Waals surface area (Å²) in [6, 6.07) is 7.86. The Kier molecular flexibility index (Phi) is 4.43. The highest BCUT2D eigenvalue weighted by Crippen LogP contribution is 2.26. The molecular weight excluding hydrogens is 312 g/mol. The van der Waals surface area contributed by atoms with Crippen molar-refractivity contribution >= 4 is 28.9 Å². The van der Waals surface area contributed by atoms with Gasteiger partial charge in [0.25, 0.3) is 5.91 Å². The Morgan fingerprint density at radius 3 is 2.83 bits per heavy atom. The lowest BCUT2D eigenvalue weighted by Gasteiger charge is -2.29. The third-order valence-electron chi connectivity index (χ3n) is 3.83. The van der Waals surface area contributed by atoms with Crippen LogP contribution in [-0.2, 0) is 16.0 Å². The van der Waals surface area contributed by atoms with Crippen molar-refractivity contribution in [3.8, 4) is 0 Å². The summed E-state index contributed by atoms with van der Waals surface area (Å²) in [5, 5.41) is 0.811. The van der Waals surface area contributed by atoms with Gasteiger partial charge < -0.3 is 9.64 Å². The minimum atomic E-state index is -0.480. The molecule has 1 aliphatic heterocycles. The summed E-state index contributed by atoms with van der Waals surface area (Å²) in [7, 11) is 0. The Morgan fingerprint density at radius 2 is 2.09 bits per heavy atom. The molecule has 0 saturated carbocycles. The molecule has 1 amide bonds. The predicted octanol–water partition coefficient (Wildman–Crippen LogP) is 2.90. The van der Waals surface area contributed by atoms with Crippen molar-refractivity contribution < 1.29 is 14.3 Å². The second-order valence-corrected chi connectivity index (χ2v) is 6.70. The summed E-state index contributed by atoms with van der Waals surface area (Å²) in [5.41, 5.74) is 2.73. The number of amides is 1. The van der Waals surface area contributed by atoms with Crippen LogP contribution >= 0.6 is 11.3 Å². The van der Waals surface area contributed by atoms with Crippen molar-refractivity contribution in [1.29, 1.82) is 0 Å². The molecule has 23 heavy (non-hydrogen) atoms. The molecular formula is C17H18N2O3S. The standard InChI is InChI=1S/C17H18N2O3S/c1-11-16(23-12(2)18-11)17(21)22-10-15(20)19-9-5-7-13-6-3-4-8-14(13)19/h3-4,6,8H,5,7,9-10H2,1-2H3. The van der Waals surface area contributed by atoms with Gasteiger partial charge in [0.1, 0.15) is 4.88 Å². The Balaban J connectivity index is 1.66. The molecule has 0 unspecified atom stereocenters. The van der Waals surface area contributed by atoms with Gasteiger partial charge in [-0.15, -0.1) is 11.3 Å². The average molecular weight is 330 g/mol. The van der Waals surface area contributed by atoms with E-state index in [4.69, 9.17) is 4.74 Å². The number of anilines is 1. The van der Waals surface area contributed by atoms with Gasteiger partial charge in [0.15, 0.2) is 6.61 Å². The van der Waals surface area contributed by atoms with E-state index in [1.807, 2.05) is 31.2 Å². The fourth-order valence-corrected chi connectivity index (χ4v) is 3.60. The van der Waals surface area contributed by atoms with Crippen LogP contribution in [0.15, 0.2) is 24.3 Å². The van der Waals surface area contributed by atoms with Crippen LogP contribution < -0.4 is 4.90 Å². The zero-order valence-corrected chi connectivity index (χ0v) is 14.0. The van der Waals surface area contributed by atoms with Crippen molar-refractivity contribution in [3.63, 3.8) is 0 Å². The number of ether oxygens (including phenoxy) is 1. The number of esters is 1. The smallest absolute Gasteiger partial charge is 0.350 e. The molecule has 120 valence electrons. The van der Waals surface area contributed by atoms with Gasteiger partial charge in [-0.3, -0.25) is 4.79 Å². The molecule has 0 atom stereocenters. The van der Waals surface area contributed by atoms with E-state index in [1.54, 1.807) is 11.8 Å². The number of aryl methyl sites for hydroxylation is 3. The highest BCUT2D eigenvalue weighted by Gasteiger charge is 2.24. The minimum absolute atomic E-state index is 0.190. The lowest BCUT2D eigenvalue weighted by atomic mass is 10.0. The van der Waals surface area contributed by atoms with E-state index >= 15 is 0 Å². The summed E-state index contributed by atoms with van der Waals surface area (Å²) in [5.74, 6) is -0.670. The van der Waals surface area contributed by atoms with Crippen LogP contribution in [0.2, 0.25) is 0 Å². The molecule has 0 saturated heterocycles. The number of rotatable bonds is 3. The van der Waals surface area contributed by atoms with Crippen molar-refractivity contribution in [3.05, 3.63) is 45.4 Å². The van der Waals surface area contributed by atoms with E-state index in [1.165, 1.54) is 11.3 Å². The number of para-hydroxylation sites is 1. The molecule has 2 heterocycles. The maximum atomic E-state index is 12.4. The topological polar surface area (TPSA) is 59.5 Å². The van der Waals surface area contributed by atoms with Crippen LogP contribution in [0.25, 0.3) is 0 Å². The van der Waals surface area contributed by atoms with Crippen LogP contribution in [0, 0.1) is 13.8 Å². The fourth-order valence-electron chi connectivity index (χ4n) is 2.78. The number of benzene rings is 1. The molecule has 1 aromatic carbocycles. The Labute approximate surface area is 138 Å². The minimum Gasteiger partial charge on any atom is -0.451 e. The third-order valence-corrected chi connectivity index (χ3v) is 4.88. The normalized spacial score (nSPS) is 13.6. The number of aromatic nitrogens is 1.